The van der Waals surface area contributed by atoms with E-state index in [2.05, 4.69) is 444 Å². The van der Waals surface area contributed by atoms with Crippen LogP contribution in [0.25, 0.3) is 73.0 Å². The highest BCUT2D eigenvalue weighted by Crippen LogP contribution is 2.48. The third-order valence-electron chi connectivity index (χ3n) is 23.7. The Bertz CT molecular complexity index is 6150. The van der Waals surface area contributed by atoms with Gasteiger partial charge < -0.3 is 4.57 Å². The van der Waals surface area contributed by atoms with E-state index in [1.807, 2.05) is 0 Å². The molecule has 0 N–H and O–H groups in total. The van der Waals surface area contributed by atoms with Crippen molar-refractivity contribution in [3.05, 3.63) is 399 Å². The maximum absolute atomic E-state index is 5.98. The summed E-state index contributed by atoms with van der Waals surface area (Å²) in [5.74, 6) is 3.13. The third kappa shape index (κ3) is 12.0. The van der Waals surface area contributed by atoms with E-state index in [4.69, 9.17) is 29.9 Å². The molecule has 9 nitrogen and oxygen atoms in total. The highest BCUT2D eigenvalue weighted by atomic mass is 28.3. The van der Waals surface area contributed by atoms with Crippen molar-refractivity contribution in [2.24, 2.45) is 0 Å². The Morgan fingerprint density at radius 1 is 0.250 bits per heavy atom. The van der Waals surface area contributed by atoms with E-state index in [0.717, 1.165) is 88.9 Å². The van der Waals surface area contributed by atoms with Gasteiger partial charge in [0.15, 0.2) is 39.4 Å². The predicted octanol–water partition coefficient (Wildman–Crippen LogP) is 17.3. The Morgan fingerprint density at radius 2 is 0.534 bits per heavy atom. The zero-order valence-electron chi connectivity index (χ0n) is 65.6. The van der Waals surface area contributed by atoms with Gasteiger partial charge in [0.05, 0.1) is 16.7 Å². The van der Waals surface area contributed by atoms with Crippen molar-refractivity contribution in [2.75, 3.05) is 9.80 Å². The minimum Gasteiger partial charge on any atom is -0.309 e. The third-order valence-corrected chi connectivity index (χ3v) is 33.2. The first-order valence-electron chi connectivity index (χ1n) is 40.0. The van der Waals surface area contributed by atoms with Crippen LogP contribution in [-0.4, -0.2) is 57.3 Å². The fourth-order valence-electron chi connectivity index (χ4n) is 18.2. The summed E-state index contributed by atoms with van der Waals surface area (Å²) in [4.78, 5) is 39.6. The molecule has 0 bridgehead atoms. The second-order valence-corrected chi connectivity index (χ2v) is 40.2. The van der Waals surface area contributed by atoms with Crippen molar-refractivity contribution in [2.45, 2.75) is 52.4 Å². The second kappa shape index (κ2) is 28.7. The lowest BCUT2D eigenvalue weighted by molar-refractivity contribution is 0.590. The summed E-state index contributed by atoms with van der Waals surface area (Å²) >= 11 is 0. The largest absolute Gasteiger partial charge is 0.309 e. The number of fused-ring (bicyclic) bond motifs is 7. The molecule has 0 saturated heterocycles. The smallest absolute Gasteiger partial charge is 0.252 e. The fourth-order valence-corrected chi connectivity index (χ4v) is 27.8. The molecular formula is C104H82BN9Si2. The maximum Gasteiger partial charge on any atom is 0.252 e. The van der Waals surface area contributed by atoms with Gasteiger partial charge in [-0.3, -0.25) is 9.80 Å². The standard InChI is InChI=1S/C104H82BN9Si2/c1-103(2,3)75-61-63-88-92(67-75)113(101-108-97(71-37-15-7-16-38-71)106-99(110-101)73-41-35-55-84(65-73)115(78-43-19-9-20-44-78,79-45-21-10-22-46-79)80-47-23-11-24-48-80)94-69-77(112-90-59-33-31-57-86(90)87-58-32-34-60-91(87)112)70-95-96(94)105(88)89-64-62-76(104(4,5)6)68-93(89)114(95)102-109-98(72-39-17-8-18-40-72)107-100(111-102)74-42-36-56-85(66-74)116(81-49-25-12-26-50-81,82-51-27-13-28-52-82)83-53-29-14-30-54-83/h7-70H,1-6H3. The minimum atomic E-state index is -3.06. The van der Waals surface area contributed by atoms with Crippen LogP contribution in [0.5, 0.6) is 0 Å². The summed E-state index contributed by atoms with van der Waals surface area (Å²) in [6.07, 6.45) is 0. The number of rotatable bonds is 15. The average molecular weight is 1520 g/mol. The molecule has 116 heavy (non-hydrogen) atoms. The first-order chi connectivity index (χ1) is 56.8. The second-order valence-electron chi connectivity index (χ2n) is 32.6. The molecule has 0 saturated carbocycles. The fraction of sp³-hybridized carbons (Fsp3) is 0.0769. The molecule has 0 aliphatic carbocycles. The van der Waals surface area contributed by atoms with E-state index in [-0.39, 0.29) is 17.5 Å². The Hall–Kier alpha value is -13.8. The summed E-state index contributed by atoms with van der Waals surface area (Å²) in [6.45, 7) is 13.5. The first kappa shape index (κ1) is 71.3. The van der Waals surface area contributed by atoms with Crippen LogP contribution in [-0.2, 0) is 10.8 Å². The Morgan fingerprint density at radius 3 is 0.862 bits per heavy atom. The van der Waals surface area contributed by atoms with Crippen LogP contribution < -0.4 is 67.7 Å². The molecule has 0 atom stereocenters. The van der Waals surface area contributed by atoms with Gasteiger partial charge in [-0.25, -0.2) is 9.97 Å². The van der Waals surface area contributed by atoms with E-state index in [0.29, 0.717) is 35.2 Å². The highest BCUT2D eigenvalue weighted by Gasteiger charge is 2.48. The Labute approximate surface area is 679 Å². The summed E-state index contributed by atoms with van der Waals surface area (Å²) in [5.41, 5.74) is 15.4. The van der Waals surface area contributed by atoms with Crippen LogP contribution in [0.2, 0.25) is 0 Å². The van der Waals surface area contributed by atoms with E-state index in [1.54, 1.807) is 0 Å². The van der Waals surface area contributed by atoms with Crippen molar-refractivity contribution >= 4 is 137 Å². The maximum atomic E-state index is 5.98. The number of para-hydroxylation sites is 2. The molecule has 2 aliphatic rings. The average Bonchev–Trinajstić information content (AvgIpc) is 0.856. The summed E-state index contributed by atoms with van der Waals surface area (Å²) < 4.78 is 2.44. The molecule has 0 radical (unpaired) electrons. The number of aromatic nitrogens is 7. The first-order valence-corrected chi connectivity index (χ1v) is 44.0. The Balaban J connectivity index is 0.887. The van der Waals surface area contributed by atoms with E-state index in [1.165, 1.54) is 52.6 Å². The van der Waals surface area contributed by atoms with Crippen molar-refractivity contribution in [3.63, 3.8) is 0 Å². The lowest BCUT2D eigenvalue weighted by atomic mass is 9.33. The SMILES string of the molecule is CC(C)(C)c1ccc2c(c1)N(c1nc(-c3ccccc3)nc(-c3cccc([Si](c4ccccc4)(c4ccccc4)c4ccccc4)c3)n1)c1cc(-n3c4ccccc4c4ccccc43)cc3c1B2c1ccc(C(C)(C)C)cc1N3c1nc(-c2ccccc2)nc(-c2cccc([Si](c3ccccc3)(c3ccccc3)c3ccccc3)c2)n1. The molecule has 0 spiro atoms. The predicted molar refractivity (Wildman–Crippen MR) is 488 cm³/mol. The molecule has 0 unspecified atom stereocenters. The van der Waals surface area contributed by atoms with Gasteiger partial charge in [-0.05, 0) is 116 Å². The summed E-state index contributed by atoms with van der Waals surface area (Å²) in [7, 11) is -6.13. The molecular weight excluding hydrogens is 1440 g/mol. The van der Waals surface area contributed by atoms with Crippen LogP contribution in [0.4, 0.5) is 34.6 Å². The highest BCUT2D eigenvalue weighted by molar-refractivity contribution is 7.20. The molecule has 18 aromatic rings. The normalized spacial score (nSPS) is 12.7. The van der Waals surface area contributed by atoms with Crippen LogP contribution in [0.15, 0.2) is 388 Å². The van der Waals surface area contributed by atoms with Gasteiger partial charge in [-0.15, -0.1) is 0 Å². The minimum absolute atomic E-state index is 0.271. The van der Waals surface area contributed by atoms with Gasteiger partial charge in [-0.1, -0.05) is 393 Å². The van der Waals surface area contributed by atoms with Gasteiger partial charge >= 0.3 is 0 Å². The summed E-state index contributed by atoms with van der Waals surface area (Å²) in [5, 5.41) is 12.3. The molecule has 554 valence electrons. The van der Waals surface area contributed by atoms with Crippen molar-refractivity contribution in [3.8, 4) is 51.2 Å². The molecule has 2 aliphatic heterocycles. The molecule has 0 fully saturated rings. The van der Waals surface area contributed by atoms with Gasteiger partial charge in [0, 0.05) is 55.8 Å². The van der Waals surface area contributed by atoms with Crippen LogP contribution in [0, 0.1) is 0 Å². The zero-order chi connectivity index (χ0) is 78.3. The molecule has 3 aromatic heterocycles. The van der Waals surface area contributed by atoms with Gasteiger partial charge in [-0.2, -0.15) is 19.9 Å². The summed E-state index contributed by atoms with van der Waals surface area (Å²) in [6, 6.07) is 142. The van der Waals surface area contributed by atoms with Gasteiger partial charge in [0.1, 0.15) is 0 Å². The van der Waals surface area contributed by atoms with Gasteiger partial charge in [0.2, 0.25) is 11.9 Å². The number of anilines is 6. The molecule has 0 amide bonds. The van der Waals surface area contributed by atoms with Crippen molar-refractivity contribution in [1.82, 2.24) is 34.5 Å². The molecule has 12 heteroatoms. The number of nitrogens with zero attached hydrogens (tertiary/aromatic N) is 9. The van der Waals surface area contributed by atoms with Crippen molar-refractivity contribution in [1.29, 1.82) is 0 Å². The van der Waals surface area contributed by atoms with E-state index in [9.17, 15) is 0 Å². The lowest BCUT2D eigenvalue weighted by Crippen LogP contribution is -2.74. The van der Waals surface area contributed by atoms with E-state index >= 15 is 0 Å². The van der Waals surface area contributed by atoms with Crippen LogP contribution >= 0.6 is 0 Å². The van der Waals surface area contributed by atoms with E-state index < -0.39 is 16.1 Å². The molecule has 5 heterocycles. The topological polar surface area (TPSA) is 88.8 Å². The lowest BCUT2D eigenvalue weighted by Gasteiger charge is -2.44. The van der Waals surface area contributed by atoms with Crippen LogP contribution in [0.1, 0.15) is 52.7 Å². The van der Waals surface area contributed by atoms with Crippen LogP contribution in [0.3, 0.4) is 0 Å². The number of hydrogen-bond donors (Lipinski definition) is 0. The quantitative estimate of drug-likeness (QED) is 0.0741. The van der Waals surface area contributed by atoms with Gasteiger partial charge in [0.25, 0.3) is 6.71 Å². The molecule has 20 rings (SSSR count). The molecule has 15 aromatic carbocycles. The number of benzene rings is 15. The zero-order valence-corrected chi connectivity index (χ0v) is 67.6. The number of hydrogen-bond acceptors (Lipinski definition) is 8. The monoisotopic (exact) mass is 1520 g/mol. The van der Waals surface area contributed by atoms with Crippen molar-refractivity contribution < 1.29 is 0 Å². The Kier molecular flexibility index (Phi) is 17.6.